The first-order valence-electron chi connectivity index (χ1n) is 6.33. The SMILES string of the molecule is CC(C)N1CCN(Cc2cccc(Br)c2)C(=O)C1=O. The maximum Gasteiger partial charge on any atom is 0.312 e. The fourth-order valence-electron chi connectivity index (χ4n) is 2.19. The number of nitrogens with zero attached hydrogens (tertiary/aromatic N) is 2. The lowest BCUT2D eigenvalue weighted by atomic mass is 10.1. The maximum atomic E-state index is 12.1. The van der Waals surface area contributed by atoms with Crippen molar-refractivity contribution < 1.29 is 9.59 Å². The zero-order valence-corrected chi connectivity index (χ0v) is 12.7. The van der Waals surface area contributed by atoms with Crippen LogP contribution in [0, 0.1) is 0 Å². The van der Waals surface area contributed by atoms with E-state index in [4.69, 9.17) is 0 Å². The second kappa shape index (κ2) is 5.74. The van der Waals surface area contributed by atoms with Crippen LogP contribution in [-0.2, 0) is 16.1 Å². The Kier molecular flexibility index (Phi) is 4.24. The Morgan fingerprint density at radius 1 is 1.21 bits per heavy atom. The van der Waals surface area contributed by atoms with Crippen LogP contribution in [0.2, 0.25) is 0 Å². The average molecular weight is 325 g/mol. The number of carbonyl (C=O) groups excluding carboxylic acids is 2. The Morgan fingerprint density at radius 3 is 2.58 bits per heavy atom. The van der Waals surface area contributed by atoms with E-state index < -0.39 is 11.8 Å². The van der Waals surface area contributed by atoms with Gasteiger partial charge in [0.2, 0.25) is 0 Å². The molecular weight excluding hydrogens is 308 g/mol. The zero-order valence-electron chi connectivity index (χ0n) is 11.1. The molecule has 1 saturated heterocycles. The van der Waals surface area contributed by atoms with E-state index in [1.165, 1.54) is 0 Å². The molecule has 102 valence electrons. The van der Waals surface area contributed by atoms with E-state index in [0.717, 1.165) is 10.0 Å². The van der Waals surface area contributed by atoms with Gasteiger partial charge in [0.1, 0.15) is 0 Å². The Bertz CT molecular complexity index is 502. The van der Waals surface area contributed by atoms with Gasteiger partial charge in [-0.1, -0.05) is 28.1 Å². The molecule has 1 aliphatic rings. The van der Waals surface area contributed by atoms with Crippen LogP contribution >= 0.6 is 15.9 Å². The van der Waals surface area contributed by atoms with Crippen LogP contribution in [0.15, 0.2) is 28.7 Å². The second-order valence-corrected chi connectivity index (χ2v) is 5.86. The summed E-state index contributed by atoms with van der Waals surface area (Å²) in [5, 5.41) is 0. The molecule has 0 radical (unpaired) electrons. The van der Waals surface area contributed by atoms with Crippen molar-refractivity contribution >= 4 is 27.7 Å². The van der Waals surface area contributed by atoms with Crippen LogP contribution in [-0.4, -0.2) is 40.7 Å². The van der Waals surface area contributed by atoms with Gasteiger partial charge in [-0.3, -0.25) is 9.59 Å². The molecular formula is C14H17BrN2O2. The minimum absolute atomic E-state index is 0.0736. The topological polar surface area (TPSA) is 40.6 Å². The molecule has 2 rings (SSSR count). The zero-order chi connectivity index (χ0) is 14.0. The van der Waals surface area contributed by atoms with Gasteiger partial charge in [0, 0.05) is 30.1 Å². The van der Waals surface area contributed by atoms with Gasteiger partial charge < -0.3 is 9.80 Å². The van der Waals surface area contributed by atoms with Crippen LogP contribution in [0.25, 0.3) is 0 Å². The number of hydrogen-bond donors (Lipinski definition) is 0. The molecule has 0 atom stereocenters. The highest BCUT2D eigenvalue weighted by atomic mass is 79.9. The first kappa shape index (κ1) is 14.1. The van der Waals surface area contributed by atoms with Crippen LogP contribution in [0.1, 0.15) is 19.4 Å². The number of amides is 2. The van der Waals surface area contributed by atoms with Crippen LogP contribution in [0.5, 0.6) is 0 Å². The van der Waals surface area contributed by atoms with Gasteiger partial charge in [-0.2, -0.15) is 0 Å². The van der Waals surface area contributed by atoms with Crippen molar-refractivity contribution in [2.75, 3.05) is 13.1 Å². The molecule has 1 aromatic carbocycles. The van der Waals surface area contributed by atoms with Gasteiger partial charge in [-0.15, -0.1) is 0 Å². The number of halogens is 1. The number of piperazine rings is 1. The van der Waals surface area contributed by atoms with Crippen molar-refractivity contribution in [3.8, 4) is 0 Å². The fourth-order valence-corrected chi connectivity index (χ4v) is 2.64. The molecule has 1 aliphatic heterocycles. The highest BCUT2D eigenvalue weighted by molar-refractivity contribution is 9.10. The highest BCUT2D eigenvalue weighted by Gasteiger charge is 2.33. The summed E-state index contributed by atoms with van der Waals surface area (Å²) in [5.74, 6) is -0.795. The molecule has 0 saturated carbocycles. The van der Waals surface area contributed by atoms with E-state index >= 15 is 0 Å². The fraction of sp³-hybridized carbons (Fsp3) is 0.429. The Hall–Kier alpha value is -1.36. The maximum absolute atomic E-state index is 12.1. The molecule has 0 unspecified atom stereocenters. The largest absolute Gasteiger partial charge is 0.330 e. The predicted octanol–water partition coefficient (Wildman–Crippen LogP) is 2.03. The highest BCUT2D eigenvalue weighted by Crippen LogP contribution is 2.16. The van der Waals surface area contributed by atoms with E-state index in [9.17, 15) is 9.59 Å². The molecule has 1 heterocycles. The quantitative estimate of drug-likeness (QED) is 0.798. The van der Waals surface area contributed by atoms with Gasteiger partial charge in [-0.25, -0.2) is 0 Å². The summed E-state index contributed by atoms with van der Waals surface area (Å²) < 4.78 is 0.976. The third-order valence-corrected chi connectivity index (χ3v) is 3.72. The Morgan fingerprint density at radius 2 is 1.95 bits per heavy atom. The third-order valence-electron chi connectivity index (χ3n) is 3.23. The predicted molar refractivity (Wildman–Crippen MR) is 76.4 cm³/mol. The lowest BCUT2D eigenvalue weighted by Gasteiger charge is -2.36. The summed E-state index contributed by atoms with van der Waals surface area (Å²) in [5.41, 5.74) is 1.02. The molecule has 1 fully saturated rings. The normalized spacial score (nSPS) is 16.4. The second-order valence-electron chi connectivity index (χ2n) is 4.95. The van der Waals surface area contributed by atoms with Gasteiger partial charge in [0.25, 0.3) is 0 Å². The molecule has 2 amide bonds. The van der Waals surface area contributed by atoms with Crippen molar-refractivity contribution in [3.05, 3.63) is 34.3 Å². The van der Waals surface area contributed by atoms with E-state index in [1.807, 2.05) is 38.1 Å². The first-order chi connectivity index (χ1) is 8.99. The number of hydrogen-bond acceptors (Lipinski definition) is 2. The summed E-state index contributed by atoms with van der Waals surface area (Å²) in [7, 11) is 0. The van der Waals surface area contributed by atoms with Crippen molar-refractivity contribution in [1.82, 2.24) is 9.80 Å². The molecule has 5 heteroatoms. The lowest BCUT2D eigenvalue weighted by Crippen LogP contribution is -2.55. The molecule has 0 spiro atoms. The van der Waals surface area contributed by atoms with Gasteiger partial charge >= 0.3 is 11.8 Å². The summed E-state index contributed by atoms with van der Waals surface area (Å²) in [4.78, 5) is 27.3. The minimum Gasteiger partial charge on any atom is -0.330 e. The smallest absolute Gasteiger partial charge is 0.312 e. The monoisotopic (exact) mass is 324 g/mol. The average Bonchev–Trinajstić information content (AvgIpc) is 2.35. The lowest BCUT2D eigenvalue weighted by molar-refractivity contribution is -0.157. The number of carbonyl (C=O) groups is 2. The summed E-state index contributed by atoms with van der Waals surface area (Å²) in [6.07, 6.45) is 0. The molecule has 0 bridgehead atoms. The van der Waals surface area contributed by atoms with E-state index in [2.05, 4.69) is 15.9 Å². The van der Waals surface area contributed by atoms with Crippen molar-refractivity contribution in [1.29, 1.82) is 0 Å². The molecule has 0 N–H and O–H groups in total. The molecule has 0 aromatic heterocycles. The molecule has 1 aromatic rings. The van der Waals surface area contributed by atoms with Gasteiger partial charge in [-0.05, 0) is 31.5 Å². The van der Waals surface area contributed by atoms with E-state index in [0.29, 0.717) is 19.6 Å². The molecule has 0 aliphatic carbocycles. The Labute approximate surface area is 121 Å². The Balaban J connectivity index is 2.07. The summed E-state index contributed by atoms with van der Waals surface area (Å²) in [6.45, 7) is 5.53. The standard InChI is InChI=1S/C14H17BrN2O2/c1-10(2)17-7-6-16(13(18)14(17)19)9-11-4-3-5-12(15)8-11/h3-5,8,10H,6-7,9H2,1-2H3. The van der Waals surface area contributed by atoms with Crippen LogP contribution < -0.4 is 0 Å². The molecule has 19 heavy (non-hydrogen) atoms. The van der Waals surface area contributed by atoms with Crippen molar-refractivity contribution in [2.45, 2.75) is 26.4 Å². The minimum atomic E-state index is -0.403. The van der Waals surface area contributed by atoms with Gasteiger partial charge in [0.05, 0.1) is 0 Å². The summed E-state index contributed by atoms with van der Waals surface area (Å²) >= 11 is 3.40. The van der Waals surface area contributed by atoms with E-state index in [1.54, 1.807) is 9.80 Å². The van der Waals surface area contributed by atoms with Crippen LogP contribution in [0.4, 0.5) is 0 Å². The first-order valence-corrected chi connectivity index (χ1v) is 7.12. The van der Waals surface area contributed by atoms with Gasteiger partial charge in [0.15, 0.2) is 0 Å². The van der Waals surface area contributed by atoms with E-state index in [-0.39, 0.29) is 6.04 Å². The summed E-state index contributed by atoms with van der Waals surface area (Å²) in [6, 6.07) is 7.86. The number of benzene rings is 1. The molecule has 4 nitrogen and oxygen atoms in total. The third kappa shape index (κ3) is 3.15. The van der Waals surface area contributed by atoms with Crippen LogP contribution in [0.3, 0.4) is 0 Å². The number of rotatable bonds is 3. The van der Waals surface area contributed by atoms with Crippen molar-refractivity contribution in [2.24, 2.45) is 0 Å². The van der Waals surface area contributed by atoms with Crippen molar-refractivity contribution in [3.63, 3.8) is 0 Å².